The molecule has 0 aliphatic carbocycles. The van der Waals surface area contributed by atoms with Gasteiger partial charge in [0.25, 0.3) is 5.91 Å². The molecule has 5 nitrogen and oxygen atoms in total. The highest BCUT2D eigenvalue weighted by Gasteiger charge is 2.10. The van der Waals surface area contributed by atoms with Gasteiger partial charge in [0.1, 0.15) is 0 Å². The number of H-pyrrole nitrogens is 1. The van der Waals surface area contributed by atoms with Gasteiger partial charge in [-0.15, -0.1) is 0 Å². The van der Waals surface area contributed by atoms with Crippen LogP contribution in [0.25, 0.3) is 0 Å². The second-order valence-electron chi connectivity index (χ2n) is 3.48. The quantitative estimate of drug-likeness (QED) is 0.802. The summed E-state index contributed by atoms with van der Waals surface area (Å²) in [6, 6.07) is 3.57. The van der Waals surface area contributed by atoms with Gasteiger partial charge in [0.15, 0.2) is 0 Å². The van der Waals surface area contributed by atoms with Gasteiger partial charge in [-0.2, -0.15) is 0 Å². The van der Waals surface area contributed by atoms with E-state index >= 15 is 0 Å². The van der Waals surface area contributed by atoms with E-state index in [1.807, 2.05) is 19.9 Å². The molecule has 16 heavy (non-hydrogen) atoms. The molecule has 5 heteroatoms. The fourth-order valence-electron chi connectivity index (χ4n) is 1.44. The van der Waals surface area contributed by atoms with Crippen LogP contribution in [0.15, 0.2) is 24.5 Å². The highest BCUT2D eigenvalue weighted by atomic mass is 16.1. The summed E-state index contributed by atoms with van der Waals surface area (Å²) in [6.45, 7) is 3.70. The summed E-state index contributed by atoms with van der Waals surface area (Å²) in [7, 11) is 0. The summed E-state index contributed by atoms with van der Waals surface area (Å²) < 4.78 is 0. The lowest BCUT2D eigenvalue weighted by molar-refractivity contribution is 0.102. The summed E-state index contributed by atoms with van der Waals surface area (Å²) in [6.07, 6.45) is 3.23. The number of imidazole rings is 1. The molecule has 0 spiro atoms. The van der Waals surface area contributed by atoms with E-state index in [1.165, 1.54) is 0 Å². The van der Waals surface area contributed by atoms with Crippen molar-refractivity contribution >= 4 is 11.9 Å². The van der Waals surface area contributed by atoms with Gasteiger partial charge < -0.3 is 4.98 Å². The van der Waals surface area contributed by atoms with Crippen molar-refractivity contribution in [3.05, 3.63) is 41.5 Å². The molecule has 1 amide bonds. The standard InChI is InChI=1S/C11H12N4O/c1-7-3-4-9(8(2)14-7)10(16)15-11-12-5-6-13-11/h3-6H,1-2H3,(H2,12,13,15,16). The molecule has 82 valence electrons. The zero-order chi connectivity index (χ0) is 11.5. The topological polar surface area (TPSA) is 70.7 Å². The van der Waals surface area contributed by atoms with E-state index in [9.17, 15) is 4.79 Å². The van der Waals surface area contributed by atoms with Gasteiger partial charge >= 0.3 is 0 Å². The number of amides is 1. The summed E-state index contributed by atoms with van der Waals surface area (Å²) in [5.74, 6) is 0.227. The predicted octanol–water partition coefficient (Wildman–Crippen LogP) is 1.67. The molecular formula is C11H12N4O. The van der Waals surface area contributed by atoms with Crippen molar-refractivity contribution in [2.24, 2.45) is 0 Å². The van der Waals surface area contributed by atoms with Gasteiger partial charge in [-0.25, -0.2) is 4.98 Å². The van der Waals surface area contributed by atoms with Crippen LogP contribution in [0.5, 0.6) is 0 Å². The van der Waals surface area contributed by atoms with Crippen LogP contribution in [0.1, 0.15) is 21.7 Å². The van der Waals surface area contributed by atoms with Crippen molar-refractivity contribution in [1.29, 1.82) is 0 Å². The second kappa shape index (κ2) is 4.14. The minimum atomic E-state index is -0.208. The fourth-order valence-corrected chi connectivity index (χ4v) is 1.44. The molecule has 2 aromatic rings. The van der Waals surface area contributed by atoms with E-state index in [2.05, 4.69) is 20.3 Å². The zero-order valence-electron chi connectivity index (χ0n) is 9.11. The molecule has 0 radical (unpaired) electrons. The normalized spacial score (nSPS) is 10.1. The minimum Gasteiger partial charge on any atom is -0.331 e. The van der Waals surface area contributed by atoms with E-state index in [4.69, 9.17) is 0 Å². The average molecular weight is 216 g/mol. The SMILES string of the molecule is Cc1ccc(C(=O)Nc2ncc[nH]2)c(C)n1. The Morgan fingerprint density at radius 3 is 2.81 bits per heavy atom. The fraction of sp³-hybridized carbons (Fsp3) is 0.182. The number of hydrogen-bond donors (Lipinski definition) is 2. The van der Waals surface area contributed by atoms with Gasteiger partial charge in [0.05, 0.1) is 11.3 Å². The van der Waals surface area contributed by atoms with Gasteiger partial charge in [-0.1, -0.05) is 0 Å². The number of nitrogens with zero attached hydrogens (tertiary/aromatic N) is 2. The molecule has 0 atom stereocenters. The maximum Gasteiger partial charge on any atom is 0.259 e. The summed E-state index contributed by atoms with van der Waals surface area (Å²) in [5, 5.41) is 2.65. The minimum absolute atomic E-state index is 0.208. The summed E-state index contributed by atoms with van der Waals surface area (Å²) >= 11 is 0. The molecule has 0 aliphatic rings. The number of hydrogen-bond acceptors (Lipinski definition) is 3. The lowest BCUT2D eigenvalue weighted by atomic mass is 10.2. The van der Waals surface area contributed by atoms with Crippen LogP contribution in [0.3, 0.4) is 0 Å². The Bertz CT molecular complexity index is 505. The van der Waals surface area contributed by atoms with E-state index < -0.39 is 0 Å². The molecule has 0 saturated heterocycles. The Hall–Kier alpha value is -2.17. The second-order valence-corrected chi connectivity index (χ2v) is 3.48. The van der Waals surface area contributed by atoms with Crippen LogP contribution in [-0.2, 0) is 0 Å². The number of carbonyl (C=O) groups is 1. The summed E-state index contributed by atoms with van der Waals surface area (Å²) in [5.41, 5.74) is 2.16. The Morgan fingerprint density at radius 1 is 1.38 bits per heavy atom. The predicted molar refractivity (Wildman–Crippen MR) is 60.3 cm³/mol. The van der Waals surface area contributed by atoms with Gasteiger partial charge in [0.2, 0.25) is 5.95 Å². The smallest absolute Gasteiger partial charge is 0.259 e. The lowest BCUT2D eigenvalue weighted by Gasteiger charge is -2.05. The maximum absolute atomic E-state index is 11.8. The summed E-state index contributed by atoms with van der Waals surface area (Å²) in [4.78, 5) is 22.8. The molecule has 2 heterocycles. The number of aromatic amines is 1. The van der Waals surface area contributed by atoms with Crippen molar-refractivity contribution < 1.29 is 4.79 Å². The number of anilines is 1. The van der Waals surface area contributed by atoms with E-state index in [0.717, 1.165) is 5.69 Å². The van der Waals surface area contributed by atoms with Crippen LogP contribution in [0.4, 0.5) is 5.95 Å². The lowest BCUT2D eigenvalue weighted by Crippen LogP contribution is -2.15. The van der Waals surface area contributed by atoms with Crippen LogP contribution >= 0.6 is 0 Å². The number of nitrogens with one attached hydrogen (secondary N) is 2. The highest BCUT2D eigenvalue weighted by Crippen LogP contribution is 2.08. The maximum atomic E-state index is 11.8. The molecule has 2 rings (SSSR count). The van der Waals surface area contributed by atoms with Crippen molar-refractivity contribution in [2.75, 3.05) is 5.32 Å². The van der Waals surface area contributed by atoms with Gasteiger partial charge in [-0.3, -0.25) is 15.1 Å². The first-order valence-corrected chi connectivity index (χ1v) is 4.92. The van der Waals surface area contributed by atoms with Crippen LogP contribution in [-0.4, -0.2) is 20.9 Å². The average Bonchev–Trinajstić information content (AvgIpc) is 2.70. The van der Waals surface area contributed by atoms with Crippen molar-refractivity contribution in [3.8, 4) is 0 Å². The number of rotatable bonds is 2. The Morgan fingerprint density at radius 2 is 2.19 bits per heavy atom. The molecule has 2 N–H and O–H groups in total. The first-order chi connectivity index (χ1) is 7.66. The van der Waals surface area contributed by atoms with Crippen LogP contribution < -0.4 is 5.32 Å². The molecule has 2 aromatic heterocycles. The third-order valence-electron chi connectivity index (χ3n) is 2.20. The Labute approximate surface area is 92.9 Å². The van der Waals surface area contributed by atoms with E-state index in [-0.39, 0.29) is 5.91 Å². The van der Waals surface area contributed by atoms with Crippen LogP contribution in [0.2, 0.25) is 0 Å². The van der Waals surface area contributed by atoms with Crippen molar-refractivity contribution in [3.63, 3.8) is 0 Å². The molecule has 0 aromatic carbocycles. The molecule has 0 unspecified atom stereocenters. The Balaban J connectivity index is 2.21. The van der Waals surface area contributed by atoms with E-state index in [0.29, 0.717) is 17.2 Å². The zero-order valence-corrected chi connectivity index (χ0v) is 9.11. The molecule has 0 aliphatic heterocycles. The number of carbonyl (C=O) groups excluding carboxylic acids is 1. The first kappa shape index (κ1) is 10.4. The third kappa shape index (κ3) is 2.08. The monoisotopic (exact) mass is 216 g/mol. The van der Waals surface area contributed by atoms with E-state index in [1.54, 1.807) is 18.5 Å². The van der Waals surface area contributed by atoms with Crippen molar-refractivity contribution in [2.45, 2.75) is 13.8 Å². The van der Waals surface area contributed by atoms with Gasteiger partial charge in [0, 0.05) is 18.1 Å². The number of aromatic nitrogens is 3. The number of pyridine rings is 1. The van der Waals surface area contributed by atoms with Crippen molar-refractivity contribution in [1.82, 2.24) is 15.0 Å². The van der Waals surface area contributed by atoms with Gasteiger partial charge in [-0.05, 0) is 26.0 Å². The largest absolute Gasteiger partial charge is 0.331 e. The van der Waals surface area contributed by atoms with Crippen LogP contribution in [0, 0.1) is 13.8 Å². The Kier molecular flexibility index (Phi) is 2.68. The molecular weight excluding hydrogens is 204 g/mol. The molecule has 0 saturated carbocycles. The molecule has 0 fully saturated rings. The highest BCUT2D eigenvalue weighted by molar-refractivity contribution is 6.04. The third-order valence-corrected chi connectivity index (χ3v) is 2.20. The molecule has 0 bridgehead atoms. The first-order valence-electron chi connectivity index (χ1n) is 4.92. The number of aryl methyl sites for hydroxylation is 2.